The molecule has 1 saturated carbocycles. The molecule has 2 fully saturated rings. The Hall–Kier alpha value is -2.93. The average Bonchev–Trinajstić information content (AvgIpc) is 3.57. The van der Waals surface area contributed by atoms with Crippen molar-refractivity contribution in [3.05, 3.63) is 59.3 Å². The molecule has 1 aromatic heterocycles. The molecule has 7 heteroatoms. The lowest BCUT2D eigenvalue weighted by Gasteiger charge is -2.43. The third-order valence-electron chi connectivity index (χ3n) is 8.90. The summed E-state index contributed by atoms with van der Waals surface area (Å²) in [6, 6.07) is 12.7. The van der Waals surface area contributed by atoms with Crippen LogP contribution in [-0.4, -0.2) is 40.8 Å². The third kappa shape index (κ3) is 4.49. The number of carbonyl (C=O) groups is 2. The molecule has 2 aromatic rings. The van der Waals surface area contributed by atoms with Gasteiger partial charge < -0.3 is 20.9 Å². The van der Waals surface area contributed by atoms with E-state index >= 15 is 0 Å². The molecular formula is C29H39N5O2. The van der Waals surface area contributed by atoms with Crippen LogP contribution in [0.4, 0.5) is 5.82 Å². The highest BCUT2D eigenvalue weighted by atomic mass is 16.2. The first kappa shape index (κ1) is 24.8. The second kappa shape index (κ2) is 10.2. The second-order valence-electron chi connectivity index (χ2n) is 11.0. The van der Waals surface area contributed by atoms with E-state index in [9.17, 15) is 9.59 Å². The van der Waals surface area contributed by atoms with Crippen LogP contribution in [0, 0.1) is 11.8 Å². The van der Waals surface area contributed by atoms with Gasteiger partial charge in [0, 0.05) is 25.8 Å². The number of benzene rings is 1. The molecule has 1 saturated heterocycles. The first-order chi connectivity index (χ1) is 17.4. The van der Waals surface area contributed by atoms with Crippen molar-refractivity contribution in [3.8, 4) is 0 Å². The first-order valence-electron chi connectivity index (χ1n) is 13.5. The number of fused-ring (bicyclic) bond motifs is 1. The standard InChI is InChI=1S/C29H39N5O2/c1-29(31-2,28(30)36)26(20-9-4-3-5-10-20)27(35)34-16-8-13-24(34)21-14-15-32-25(17-21)33-18-22-11-6-7-12-23(22)19-33/h6-7,11-12,14-15,17,20,24,26,31H,3-5,8-10,13,16,18-19H2,1-2H3,(H2,30,36)/t24-,26+,29?/m0/s1. The quantitative estimate of drug-likeness (QED) is 0.615. The van der Waals surface area contributed by atoms with Crippen LogP contribution in [0.2, 0.25) is 0 Å². The van der Waals surface area contributed by atoms with E-state index in [0.29, 0.717) is 6.54 Å². The number of rotatable bonds is 7. The Kier molecular flexibility index (Phi) is 7.02. The summed E-state index contributed by atoms with van der Waals surface area (Å²) in [6.07, 6.45) is 9.06. The van der Waals surface area contributed by atoms with Gasteiger partial charge in [-0.25, -0.2) is 4.98 Å². The van der Waals surface area contributed by atoms with Crippen LogP contribution >= 0.6 is 0 Å². The van der Waals surface area contributed by atoms with Crippen molar-refractivity contribution in [2.75, 3.05) is 18.5 Å². The Balaban J connectivity index is 1.41. The summed E-state index contributed by atoms with van der Waals surface area (Å²) in [6.45, 7) is 4.22. The number of anilines is 1. The number of primary amides is 1. The van der Waals surface area contributed by atoms with Crippen LogP contribution in [-0.2, 0) is 22.7 Å². The number of nitrogens with one attached hydrogen (secondary N) is 1. The number of likely N-dealkylation sites (N-methyl/N-ethyl adjacent to an activating group) is 1. The maximum absolute atomic E-state index is 14.3. The van der Waals surface area contributed by atoms with E-state index in [2.05, 4.69) is 45.5 Å². The second-order valence-corrected chi connectivity index (χ2v) is 11.0. The van der Waals surface area contributed by atoms with Crippen LogP contribution in [0.1, 0.15) is 74.6 Å². The average molecular weight is 490 g/mol. The molecule has 0 bridgehead atoms. The summed E-state index contributed by atoms with van der Waals surface area (Å²) in [5.41, 5.74) is 8.64. The SMILES string of the molecule is CNC(C)(C(N)=O)[C@@H](C(=O)N1CCC[C@H]1c1ccnc(N2Cc3ccccc3C2)c1)C1CCCCC1. The molecule has 3 atom stereocenters. The molecule has 1 unspecified atom stereocenters. The lowest BCUT2D eigenvalue weighted by Crippen LogP contribution is -2.63. The number of amides is 2. The van der Waals surface area contributed by atoms with Crippen molar-refractivity contribution in [2.24, 2.45) is 17.6 Å². The molecule has 2 aliphatic heterocycles. The molecule has 192 valence electrons. The number of carbonyl (C=O) groups excluding carboxylic acids is 2. The van der Waals surface area contributed by atoms with Crippen LogP contribution in [0.3, 0.4) is 0 Å². The van der Waals surface area contributed by atoms with Gasteiger partial charge in [-0.2, -0.15) is 0 Å². The minimum Gasteiger partial charge on any atom is -0.368 e. The van der Waals surface area contributed by atoms with Gasteiger partial charge in [0.05, 0.1) is 12.0 Å². The number of nitrogens with two attached hydrogens (primary N) is 1. The van der Waals surface area contributed by atoms with Gasteiger partial charge in [0.15, 0.2) is 0 Å². The summed E-state index contributed by atoms with van der Waals surface area (Å²) >= 11 is 0. The highest BCUT2D eigenvalue weighted by Gasteiger charge is 2.50. The Labute approximate surface area is 214 Å². The zero-order valence-electron chi connectivity index (χ0n) is 21.6. The summed E-state index contributed by atoms with van der Waals surface area (Å²) in [7, 11) is 1.75. The largest absolute Gasteiger partial charge is 0.368 e. The minimum absolute atomic E-state index is 0.00991. The smallest absolute Gasteiger partial charge is 0.238 e. The minimum atomic E-state index is -1.07. The van der Waals surface area contributed by atoms with Gasteiger partial charge in [-0.15, -0.1) is 0 Å². The van der Waals surface area contributed by atoms with E-state index < -0.39 is 17.4 Å². The third-order valence-corrected chi connectivity index (χ3v) is 8.90. The lowest BCUT2D eigenvalue weighted by atomic mass is 9.69. The van der Waals surface area contributed by atoms with Crippen molar-refractivity contribution in [3.63, 3.8) is 0 Å². The van der Waals surface area contributed by atoms with Crippen LogP contribution < -0.4 is 16.0 Å². The van der Waals surface area contributed by atoms with E-state index in [1.807, 2.05) is 24.1 Å². The molecule has 3 aliphatic rings. The van der Waals surface area contributed by atoms with Gasteiger partial charge >= 0.3 is 0 Å². The van der Waals surface area contributed by atoms with Crippen molar-refractivity contribution in [2.45, 2.75) is 76.5 Å². The molecule has 0 spiro atoms. The van der Waals surface area contributed by atoms with Gasteiger partial charge in [0.2, 0.25) is 11.8 Å². The maximum Gasteiger partial charge on any atom is 0.238 e. The fourth-order valence-corrected chi connectivity index (χ4v) is 6.68. The molecule has 1 aliphatic carbocycles. The molecule has 7 nitrogen and oxygen atoms in total. The van der Waals surface area contributed by atoms with Crippen molar-refractivity contribution >= 4 is 17.6 Å². The Morgan fingerprint density at radius 1 is 1.06 bits per heavy atom. The Bertz CT molecular complexity index is 1090. The molecule has 5 rings (SSSR count). The van der Waals surface area contributed by atoms with Crippen molar-refractivity contribution < 1.29 is 9.59 Å². The van der Waals surface area contributed by atoms with Gasteiger partial charge in [-0.3, -0.25) is 9.59 Å². The van der Waals surface area contributed by atoms with Crippen LogP contribution in [0.25, 0.3) is 0 Å². The summed E-state index contributed by atoms with van der Waals surface area (Å²) in [4.78, 5) is 35.9. The topological polar surface area (TPSA) is 91.6 Å². The number of hydrogen-bond acceptors (Lipinski definition) is 5. The van der Waals surface area contributed by atoms with Gasteiger partial charge in [0.1, 0.15) is 11.4 Å². The maximum atomic E-state index is 14.3. The molecular weight excluding hydrogens is 450 g/mol. The van der Waals surface area contributed by atoms with E-state index in [1.54, 1.807) is 7.05 Å². The number of aromatic nitrogens is 1. The number of likely N-dealkylation sites (tertiary alicyclic amines) is 1. The van der Waals surface area contributed by atoms with E-state index in [1.165, 1.54) is 17.5 Å². The van der Waals surface area contributed by atoms with E-state index in [4.69, 9.17) is 5.73 Å². The van der Waals surface area contributed by atoms with E-state index in [-0.39, 0.29) is 17.9 Å². The van der Waals surface area contributed by atoms with Gasteiger partial charge in [-0.1, -0.05) is 43.5 Å². The van der Waals surface area contributed by atoms with Crippen LogP contribution in [0.5, 0.6) is 0 Å². The predicted molar refractivity (Wildman–Crippen MR) is 141 cm³/mol. The van der Waals surface area contributed by atoms with Gasteiger partial charge in [-0.05, 0) is 74.4 Å². The Morgan fingerprint density at radius 3 is 2.39 bits per heavy atom. The van der Waals surface area contributed by atoms with Crippen molar-refractivity contribution in [1.29, 1.82) is 0 Å². The van der Waals surface area contributed by atoms with Crippen LogP contribution in [0.15, 0.2) is 42.6 Å². The molecule has 2 amide bonds. The molecule has 3 N–H and O–H groups in total. The summed E-state index contributed by atoms with van der Waals surface area (Å²) in [5, 5.41) is 3.15. The zero-order chi connectivity index (χ0) is 25.3. The normalized spacial score (nSPS) is 22.8. The lowest BCUT2D eigenvalue weighted by molar-refractivity contribution is -0.147. The van der Waals surface area contributed by atoms with E-state index in [0.717, 1.165) is 63.0 Å². The van der Waals surface area contributed by atoms with Crippen molar-refractivity contribution in [1.82, 2.24) is 15.2 Å². The number of nitrogens with zero attached hydrogens (tertiary/aromatic N) is 3. The highest BCUT2D eigenvalue weighted by Crippen LogP contribution is 2.41. The zero-order valence-corrected chi connectivity index (χ0v) is 21.6. The monoisotopic (exact) mass is 489 g/mol. The number of pyridine rings is 1. The molecule has 1 aromatic carbocycles. The summed E-state index contributed by atoms with van der Waals surface area (Å²) < 4.78 is 0. The fourth-order valence-electron chi connectivity index (χ4n) is 6.68. The Morgan fingerprint density at radius 2 is 1.75 bits per heavy atom. The fraction of sp³-hybridized carbons (Fsp3) is 0.552. The molecule has 0 radical (unpaired) electrons. The highest BCUT2D eigenvalue weighted by molar-refractivity contribution is 5.93. The number of hydrogen-bond donors (Lipinski definition) is 2. The molecule has 3 heterocycles. The van der Waals surface area contributed by atoms with Gasteiger partial charge in [0.25, 0.3) is 0 Å². The molecule has 36 heavy (non-hydrogen) atoms. The summed E-state index contributed by atoms with van der Waals surface area (Å²) in [5.74, 6) is 0.254. The predicted octanol–water partition coefficient (Wildman–Crippen LogP) is 3.93. The first-order valence-corrected chi connectivity index (χ1v) is 13.5.